The molecule has 1 aliphatic rings. The lowest BCUT2D eigenvalue weighted by molar-refractivity contribution is -0.121. The van der Waals surface area contributed by atoms with Crippen LogP contribution >= 0.6 is 0 Å². The standard InChI is InChI=1S/C17H26FN3O4S/c1-14(17(22)19-8-3-9-20-10-12-25-13-11-20)21(26(2,23)24)16-6-4-15(18)5-7-16/h4-7,14H,3,8-13H2,1-2H3,(H,19,22)/t14-/m1/s1. The summed E-state index contributed by atoms with van der Waals surface area (Å²) in [6.45, 7) is 6.05. The second kappa shape index (κ2) is 9.29. The molecule has 0 bridgehead atoms. The van der Waals surface area contributed by atoms with Gasteiger partial charge in [0, 0.05) is 19.6 Å². The second-order valence-electron chi connectivity index (χ2n) is 6.31. The molecule has 26 heavy (non-hydrogen) atoms. The van der Waals surface area contributed by atoms with Crippen LogP contribution in [0.1, 0.15) is 13.3 Å². The van der Waals surface area contributed by atoms with Gasteiger partial charge in [-0.05, 0) is 44.2 Å². The predicted molar refractivity (Wildman–Crippen MR) is 98.1 cm³/mol. The number of nitrogens with one attached hydrogen (secondary N) is 1. The number of hydrogen-bond acceptors (Lipinski definition) is 5. The molecule has 1 saturated heterocycles. The van der Waals surface area contributed by atoms with E-state index in [2.05, 4.69) is 10.2 Å². The molecule has 0 unspecified atom stereocenters. The molecule has 1 atom stereocenters. The Hall–Kier alpha value is -1.71. The van der Waals surface area contributed by atoms with Crippen molar-refractivity contribution in [2.45, 2.75) is 19.4 Å². The molecule has 1 aliphatic heterocycles. The largest absolute Gasteiger partial charge is 0.379 e. The van der Waals surface area contributed by atoms with Gasteiger partial charge < -0.3 is 10.1 Å². The summed E-state index contributed by atoms with van der Waals surface area (Å²) in [5.74, 6) is -0.857. The van der Waals surface area contributed by atoms with Crippen molar-refractivity contribution in [2.24, 2.45) is 0 Å². The maximum Gasteiger partial charge on any atom is 0.243 e. The SMILES string of the molecule is C[C@H](C(=O)NCCCN1CCOCC1)N(c1ccc(F)cc1)S(C)(=O)=O. The Bertz CT molecular complexity index is 690. The molecule has 0 aromatic heterocycles. The average Bonchev–Trinajstić information content (AvgIpc) is 2.60. The van der Waals surface area contributed by atoms with Gasteiger partial charge in [0.2, 0.25) is 15.9 Å². The predicted octanol–water partition coefficient (Wildman–Crippen LogP) is 0.819. The molecule has 1 aromatic rings. The number of carbonyl (C=O) groups is 1. The van der Waals surface area contributed by atoms with Gasteiger partial charge in [0.25, 0.3) is 0 Å². The minimum Gasteiger partial charge on any atom is -0.379 e. The van der Waals surface area contributed by atoms with Crippen LogP contribution in [0.4, 0.5) is 10.1 Å². The van der Waals surface area contributed by atoms with Gasteiger partial charge in [-0.1, -0.05) is 0 Å². The van der Waals surface area contributed by atoms with E-state index in [9.17, 15) is 17.6 Å². The Morgan fingerprint density at radius 3 is 2.50 bits per heavy atom. The highest BCUT2D eigenvalue weighted by atomic mass is 32.2. The van der Waals surface area contributed by atoms with Crippen LogP contribution in [0.25, 0.3) is 0 Å². The monoisotopic (exact) mass is 387 g/mol. The van der Waals surface area contributed by atoms with Crippen LogP contribution in [0.2, 0.25) is 0 Å². The van der Waals surface area contributed by atoms with E-state index in [-0.39, 0.29) is 11.6 Å². The zero-order chi connectivity index (χ0) is 19.2. The number of ether oxygens (including phenoxy) is 1. The van der Waals surface area contributed by atoms with E-state index in [1.165, 1.54) is 31.2 Å². The fourth-order valence-electron chi connectivity index (χ4n) is 2.88. The van der Waals surface area contributed by atoms with Gasteiger partial charge in [-0.15, -0.1) is 0 Å². The van der Waals surface area contributed by atoms with Gasteiger partial charge in [-0.3, -0.25) is 14.0 Å². The van der Waals surface area contributed by atoms with E-state index in [1.807, 2.05) is 0 Å². The molecule has 7 nitrogen and oxygen atoms in total. The minimum absolute atomic E-state index is 0.255. The number of hydrogen-bond donors (Lipinski definition) is 1. The van der Waals surface area contributed by atoms with Gasteiger partial charge in [-0.25, -0.2) is 12.8 Å². The maximum absolute atomic E-state index is 13.1. The quantitative estimate of drug-likeness (QED) is 0.668. The van der Waals surface area contributed by atoms with Crippen molar-refractivity contribution in [2.75, 3.05) is 50.0 Å². The Morgan fingerprint density at radius 2 is 1.92 bits per heavy atom. The summed E-state index contributed by atoms with van der Waals surface area (Å²) in [6, 6.07) is 4.09. The molecule has 0 radical (unpaired) electrons. The van der Waals surface area contributed by atoms with Crippen LogP contribution < -0.4 is 9.62 Å². The van der Waals surface area contributed by atoms with E-state index in [0.717, 1.165) is 49.8 Å². The molecule has 1 fully saturated rings. The van der Waals surface area contributed by atoms with Crippen LogP contribution in [0.5, 0.6) is 0 Å². The average molecular weight is 387 g/mol. The summed E-state index contributed by atoms with van der Waals surface area (Å²) >= 11 is 0. The van der Waals surface area contributed by atoms with E-state index in [4.69, 9.17) is 4.74 Å². The fourth-order valence-corrected chi connectivity index (χ4v) is 4.06. The molecule has 9 heteroatoms. The molecule has 1 amide bonds. The molecular weight excluding hydrogens is 361 g/mol. The first-order valence-electron chi connectivity index (χ1n) is 8.62. The lowest BCUT2D eigenvalue weighted by Gasteiger charge is -2.29. The number of carbonyl (C=O) groups excluding carboxylic acids is 1. The summed E-state index contributed by atoms with van der Waals surface area (Å²) in [6.07, 6.45) is 1.80. The third-order valence-corrected chi connectivity index (χ3v) is 5.47. The van der Waals surface area contributed by atoms with Gasteiger partial charge in [0.15, 0.2) is 0 Å². The summed E-state index contributed by atoms with van der Waals surface area (Å²) in [5, 5.41) is 2.78. The Labute approximate surface area is 154 Å². The number of halogens is 1. The summed E-state index contributed by atoms with van der Waals surface area (Å²) in [4.78, 5) is 14.7. The van der Waals surface area contributed by atoms with E-state index >= 15 is 0 Å². The lowest BCUT2D eigenvalue weighted by atomic mass is 10.2. The number of benzene rings is 1. The first kappa shape index (κ1) is 20.6. The summed E-state index contributed by atoms with van der Waals surface area (Å²) < 4.78 is 43.7. The zero-order valence-corrected chi connectivity index (χ0v) is 16.0. The number of rotatable bonds is 8. The number of nitrogens with zero attached hydrogens (tertiary/aromatic N) is 2. The Kier molecular flexibility index (Phi) is 7.36. The van der Waals surface area contributed by atoms with Crippen LogP contribution in [-0.2, 0) is 19.6 Å². The third kappa shape index (κ3) is 5.93. The molecule has 146 valence electrons. The molecular formula is C17H26FN3O4S. The molecule has 1 aromatic carbocycles. The third-order valence-electron chi connectivity index (χ3n) is 4.22. The smallest absolute Gasteiger partial charge is 0.243 e. The minimum atomic E-state index is -3.69. The van der Waals surface area contributed by atoms with Crippen LogP contribution in [-0.4, -0.2) is 70.9 Å². The number of amides is 1. The van der Waals surface area contributed by atoms with Crippen molar-refractivity contribution in [3.05, 3.63) is 30.1 Å². The van der Waals surface area contributed by atoms with Crippen molar-refractivity contribution in [1.29, 1.82) is 0 Å². The van der Waals surface area contributed by atoms with Crippen LogP contribution in [0.3, 0.4) is 0 Å². The fraction of sp³-hybridized carbons (Fsp3) is 0.588. The molecule has 2 rings (SSSR count). The first-order valence-corrected chi connectivity index (χ1v) is 10.5. The van der Waals surface area contributed by atoms with Crippen LogP contribution in [0, 0.1) is 5.82 Å². The summed E-state index contributed by atoms with van der Waals surface area (Å²) in [7, 11) is -3.69. The first-order chi connectivity index (χ1) is 12.3. The van der Waals surface area contributed by atoms with Gasteiger partial charge in [0.05, 0.1) is 25.2 Å². The van der Waals surface area contributed by atoms with E-state index in [0.29, 0.717) is 6.54 Å². The number of sulfonamides is 1. The normalized spacial score (nSPS) is 16.9. The van der Waals surface area contributed by atoms with Crippen molar-refractivity contribution < 1.29 is 22.3 Å². The topological polar surface area (TPSA) is 79.0 Å². The maximum atomic E-state index is 13.1. The van der Waals surface area contributed by atoms with Gasteiger partial charge >= 0.3 is 0 Å². The van der Waals surface area contributed by atoms with Crippen molar-refractivity contribution in [1.82, 2.24) is 10.2 Å². The molecule has 1 N–H and O–H groups in total. The number of anilines is 1. The highest BCUT2D eigenvalue weighted by Crippen LogP contribution is 2.21. The highest BCUT2D eigenvalue weighted by molar-refractivity contribution is 7.92. The van der Waals surface area contributed by atoms with Crippen molar-refractivity contribution >= 4 is 21.6 Å². The van der Waals surface area contributed by atoms with Crippen LogP contribution in [0.15, 0.2) is 24.3 Å². The molecule has 1 heterocycles. The molecule has 0 aliphatic carbocycles. The molecule has 0 spiro atoms. The van der Waals surface area contributed by atoms with Gasteiger partial charge in [-0.2, -0.15) is 0 Å². The lowest BCUT2D eigenvalue weighted by Crippen LogP contribution is -2.48. The second-order valence-corrected chi connectivity index (χ2v) is 8.17. The van der Waals surface area contributed by atoms with Crippen molar-refractivity contribution in [3.8, 4) is 0 Å². The summed E-state index contributed by atoms with van der Waals surface area (Å²) in [5.41, 5.74) is 0.255. The highest BCUT2D eigenvalue weighted by Gasteiger charge is 2.28. The van der Waals surface area contributed by atoms with Crippen molar-refractivity contribution in [3.63, 3.8) is 0 Å². The molecule has 0 saturated carbocycles. The Morgan fingerprint density at radius 1 is 1.31 bits per heavy atom. The Balaban J connectivity index is 1.91. The van der Waals surface area contributed by atoms with E-state index in [1.54, 1.807) is 0 Å². The zero-order valence-electron chi connectivity index (χ0n) is 15.2. The van der Waals surface area contributed by atoms with E-state index < -0.39 is 21.9 Å². The van der Waals surface area contributed by atoms with Gasteiger partial charge in [0.1, 0.15) is 11.9 Å². The number of morpholine rings is 1.